The Bertz CT molecular complexity index is 579. The average Bonchev–Trinajstić information content (AvgIpc) is 2.32. The Balaban J connectivity index is 2.30. The Morgan fingerprint density at radius 2 is 1.74 bits per heavy atom. The summed E-state index contributed by atoms with van der Waals surface area (Å²) in [6.07, 6.45) is -3.09. The van der Waals surface area contributed by atoms with Crippen molar-refractivity contribution in [3.63, 3.8) is 0 Å². The van der Waals surface area contributed by atoms with Crippen LogP contribution in [0.15, 0.2) is 36.5 Å². The number of pyridine rings is 1. The maximum absolute atomic E-state index is 12.0. The number of nitrogens with zero attached hydrogens (tertiary/aromatic N) is 1. The van der Waals surface area contributed by atoms with Crippen molar-refractivity contribution < 1.29 is 17.9 Å². The second-order valence-electron chi connectivity index (χ2n) is 3.93. The SMILES string of the molecule is Cc1nccc(-c2ccc(OC(F)(F)F)cc2)c1N. The molecule has 0 saturated carbocycles. The van der Waals surface area contributed by atoms with Crippen LogP contribution in [0.1, 0.15) is 5.69 Å². The lowest BCUT2D eigenvalue weighted by molar-refractivity contribution is -0.274. The van der Waals surface area contributed by atoms with Crippen molar-refractivity contribution >= 4 is 5.69 Å². The normalized spacial score (nSPS) is 11.4. The standard InChI is InChI=1S/C13H11F3N2O/c1-8-12(17)11(6-7-18-8)9-2-4-10(5-3-9)19-13(14,15)16/h2-7H,17H2,1H3. The van der Waals surface area contributed by atoms with Gasteiger partial charge >= 0.3 is 6.36 Å². The number of halogens is 3. The van der Waals surface area contributed by atoms with Crippen LogP contribution in [0.4, 0.5) is 18.9 Å². The van der Waals surface area contributed by atoms with E-state index in [1.807, 2.05) is 0 Å². The highest BCUT2D eigenvalue weighted by atomic mass is 19.4. The fourth-order valence-corrected chi connectivity index (χ4v) is 1.67. The van der Waals surface area contributed by atoms with Crippen molar-refractivity contribution in [2.75, 3.05) is 5.73 Å². The molecule has 2 N–H and O–H groups in total. The Labute approximate surface area is 107 Å². The van der Waals surface area contributed by atoms with Crippen LogP contribution in [0.2, 0.25) is 0 Å². The molecular formula is C13H11F3N2O. The molecule has 0 amide bonds. The lowest BCUT2D eigenvalue weighted by Gasteiger charge is -2.10. The van der Waals surface area contributed by atoms with Gasteiger partial charge in [0, 0.05) is 11.8 Å². The minimum Gasteiger partial charge on any atom is -0.406 e. The van der Waals surface area contributed by atoms with E-state index in [2.05, 4.69) is 9.72 Å². The number of rotatable bonds is 2. The first-order valence-electron chi connectivity index (χ1n) is 5.44. The van der Waals surface area contributed by atoms with Crippen LogP contribution in [0.5, 0.6) is 5.75 Å². The fourth-order valence-electron chi connectivity index (χ4n) is 1.67. The Morgan fingerprint density at radius 1 is 1.11 bits per heavy atom. The predicted octanol–water partition coefficient (Wildman–Crippen LogP) is 3.54. The van der Waals surface area contributed by atoms with Gasteiger partial charge in [-0.25, -0.2) is 0 Å². The summed E-state index contributed by atoms with van der Waals surface area (Å²) >= 11 is 0. The summed E-state index contributed by atoms with van der Waals surface area (Å²) in [5.41, 5.74) is 8.50. The smallest absolute Gasteiger partial charge is 0.406 e. The van der Waals surface area contributed by atoms with E-state index in [9.17, 15) is 13.2 Å². The zero-order valence-corrected chi connectivity index (χ0v) is 10.0. The molecule has 0 fully saturated rings. The van der Waals surface area contributed by atoms with Crippen molar-refractivity contribution in [3.8, 4) is 16.9 Å². The first-order chi connectivity index (χ1) is 8.87. The minimum atomic E-state index is -4.69. The summed E-state index contributed by atoms with van der Waals surface area (Å²) in [5, 5.41) is 0. The van der Waals surface area contributed by atoms with Crippen LogP contribution in [0.25, 0.3) is 11.1 Å². The van der Waals surface area contributed by atoms with Crippen molar-refractivity contribution in [1.29, 1.82) is 0 Å². The average molecular weight is 268 g/mol. The summed E-state index contributed by atoms with van der Waals surface area (Å²) < 4.78 is 39.9. The van der Waals surface area contributed by atoms with Gasteiger partial charge in [-0.2, -0.15) is 0 Å². The van der Waals surface area contributed by atoms with Gasteiger partial charge in [-0.05, 0) is 30.7 Å². The molecule has 1 heterocycles. The molecule has 0 aliphatic rings. The molecule has 0 unspecified atom stereocenters. The van der Waals surface area contributed by atoms with Crippen LogP contribution in [-0.2, 0) is 0 Å². The number of nitrogens with two attached hydrogens (primary N) is 1. The van der Waals surface area contributed by atoms with Gasteiger partial charge in [-0.3, -0.25) is 4.98 Å². The quantitative estimate of drug-likeness (QED) is 0.906. The topological polar surface area (TPSA) is 48.1 Å². The Kier molecular flexibility index (Phi) is 3.33. The molecule has 19 heavy (non-hydrogen) atoms. The minimum absolute atomic E-state index is 0.263. The van der Waals surface area contributed by atoms with E-state index in [1.165, 1.54) is 24.3 Å². The highest BCUT2D eigenvalue weighted by Gasteiger charge is 2.30. The molecule has 1 aromatic heterocycles. The molecule has 6 heteroatoms. The molecule has 2 rings (SSSR count). The van der Waals surface area contributed by atoms with E-state index in [0.717, 1.165) is 5.56 Å². The number of hydrogen-bond acceptors (Lipinski definition) is 3. The molecular weight excluding hydrogens is 257 g/mol. The number of nitrogen functional groups attached to an aromatic ring is 1. The van der Waals surface area contributed by atoms with Crippen molar-refractivity contribution in [3.05, 3.63) is 42.2 Å². The van der Waals surface area contributed by atoms with Crippen LogP contribution in [0.3, 0.4) is 0 Å². The van der Waals surface area contributed by atoms with Crippen molar-refractivity contribution in [1.82, 2.24) is 4.98 Å². The molecule has 0 bridgehead atoms. The lowest BCUT2D eigenvalue weighted by atomic mass is 10.0. The van der Waals surface area contributed by atoms with E-state index < -0.39 is 6.36 Å². The van der Waals surface area contributed by atoms with Gasteiger partial charge in [0.2, 0.25) is 0 Å². The molecule has 0 radical (unpaired) electrons. The Hall–Kier alpha value is -2.24. The molecule has 3 nitrogen and oxygen atoms in total. The molecule has 0 aliphatic carbocycles. The van der Waals surface area contributed by atoms with E-state index in [4.69, 9.17) is 5.73 Å². The number of ether oxygens (including phenoxy) is 1. The first-order valence-corrected chi connectivity index (χ1v) is 5.44. The maximum atomic E-state index is 12.0. The number of hydrogen-bond donors (Lipinski definition) is 1. The summed E-state index contributed by atoms with van der Waals surface area (Å²) in [6.45, 7) is 1.76. The third-order valence-corrected chi connectivity index (χ3v) is 2.59. The van der Waals surface area contributed by atoms with Crippen LogP contribution in [0, 0.1) is 6.92 Å². The van der Waals surface area contributed by atoms with Gasteiger partial charge in [0.25, 0.3) is 0 Å². The van der Waals surface area contributed by atoms with Gasteiger partial charge in [-0.1, -0.05) is 12.1 Å². The van der Waals surface area contributed by atoms with Crippen molar-refractivity contribution in [2.45, 2.75) is 13.3 Å². The van der Waals surface area contributed by atoms with E-state index in [1.54, 1.807) is 19.2 Å². The van der Waals surface area contributed by atoms with Crippen LogP contribution < -0.4 is 10.5 Å². The summed E-state index contributed by atoms with van der Waals surface area (Å²) in [6, 6.07) is 7.25. The van der Waals surface area contributed by atoms with Gasteiger partial charge in [0.05, 0.1) is 11.4 Å². The molecule has 0 saturated heterocycles. The number of anilines is 1. The third kappa shape index (κ3) is 3.15. The molecule has 0 atom stereocenters. The van der Waals surface area contributed by atoms with E-state index in [-0.39, 0.29) is 5.75 Å². The fraction of sp³-hybridized carbons (Fsp3) is 0.154. The summed E-state index contributed by atoms with van der Waals surface area (Å²) in [5.74, 6) is -0.263. The van der Waals surface area contributed by atoms with Gasteiger partial charge in [0.1, 0.15) is 5.75 Å². The zero-order chi connectivity index (χ0) is 14.0. The molecule has 100 valence electrons. The summed E-state index contributed by atoms with van der Waals surface area (Å²) in [7, 11) is 0. The van der Waals surface area contributed by atoms with E-state index in [0.29, 0.717) is 16.9 Å². The summed E-state index contributed by atoms with van der Waals surface area (Å²) in [4.78, 5) is 4.03. The first kappa shape index (κ1) is 13.2. The third-order valence-electron chi connectivity index (χ3n) is 2.59. The van der Waals surface area contributed by atoms with E-state index >= 15 is 0 Å². The van der Waals surface area contributed by atoms with Gasteiger partial charge < -0.3 is 10.5 Å². The highest BCUT2D eigenvalue weighted by molar-refractivity contribution is 5.77. The number of aryl methyl sites for hydroxylation is 1. The highest BCUT2D eigenvalue weighted by Crippen LogP contribution is 2.30. The molecule has 0 aliphatic heterocycles. The Morgan fingerprint density at radius 3 is 2.32 bits per heavy atom. The molecule has 2 aromatic rings. The van der Waals surface area contributed by atoms with Crippen molar-refractivity contribution in [2.24, 2.45) is 0 Å². The number of benzene rings is 1. The molecule has 1 aromatic carbocycles. The number of aromatic nitrogens is 1. The second kappa shape index (κ2) is 4.79. The largest absolute Gasteiger partial charge is 0.573 e. The molecule has 0 spiro atoms. The lowest BCUT2D eigenvalue weighted by Crippen LogP contribution is -2.16. The predicted molar refractivity (Wildman–Crippen MR) is 65.5 cm³/mol. The monoisotopic (exact) mass is 268 g/mol. The number of alkyl halides is 3. The maximum Gasteiger partial charge on any atom is 0.573 e. The van der Waals surface area contributed by atoms with Gasteiger partial charge in [-0.15, -0.1) is 13.2 Å². The van der Waals surface area contributed by atoms with Crippen LogP contribution >= 0.6 is 0 Å². The zero-order valence-electron chi connectivity index (χ0n) is 10.0. The second-order valence-corrected chi connectivity index (χ2v) is 3.93. The van der Waals surface area contributed by atoms with Crippen LogP contribution in [-0.4, -0.2) is 11.3 Å². The van der Waals surface area contributed by atoms with Gasteiger partial charge in [0.15, 0.2) is 0 Å².